The Hall–Kier alpha value is -1.36. The van der Waals surface area contributed by atoms with Gasteiger partial charge in [-0.25, -0.2) is 8.42 Å². The molecule has 0 aliphatic carbocycles. The highest BCUT2D eigenvalue weighted by Crippen LogP contribution is 2.24. The molecule has 1 aliphatic rings. The van der Waals surface area contributed by atoms with Crippen LogP contribution in [0.15, 0.2) is 24.3 Å². The van der Waals surface area contributed by atoms with Crippen LogP contribution in [0.25, 0.3) is 0 Å². The molecule has 5 heteroatoms. The lowest BCUT2D eigenvalue weighted by atomic mass is 10.1. The first-order valence-corrected chi connectivity index (χ1v) is 7.78. The van der Waals surface area contributed by atoms with Gasteiger partial charge in [-0.05, 0) is 25.5 Å². The fraction of sp³-hybridized carbons (Fsp3) is 0.462. The zero-order chi connectivity index (χ0) is 13.3. The van der Waals surface area contributed by atoms with Crippen molar-refractivity contribution in [2.75, 3.05) is 16.4 Å². The molecule has 1 heterocycles. The van der Waals surface area contributed by atoms with Gasteiger partial charge in [-0.2, -0.15) is 0 Å². The van der Waals surface area contributed by atoms with Crippen LogP contribution in [0.1, 0.15) is 18.9 Å². The predicted octanol–water partition coefficient (Wildman–Crippen LogP) is 1.54. The van der Waals surface area contributed by atoms with Crippen LogP contribution in [-0.4, -0.2) is 31.9 Å². The van der Waals surface area contributed by atoms with E-state index in [1.165, 1.54) is 6.92 Å². The van der Waals surface area contributed by atoms with Gasteiger partial charge in [0.1, 0.15) is 0 Å². The van der Waals surface area contributed by atoms with Crippen LogP contribution in [-0.2, 0) is 14.6 Å². The number of rotatable bonds is 2. The lowest BCUT2D eigenvalue weighted by Gasteiger charge is -2.27. The maximum Gasteiger partial charge on any atom is 0.224 e. The fourth-order valence-corrected chi connectivity index (χ4v) is 4.03. The van der Waals surface area contributed by atoms with E-state index >= 15 is 0 Å². The van der Waals surface area contributed by atoms with E-state index in [9.17, 15) is 13.2 Å². The van der Waals surface area contributed by atoms with Crippen LogP contribution in [0.5, 0.6) is 0 Å². The molecular weight excluding hydrogens is 250 g/mol. The molecule has 1 aromatic rings. The van der Waals surface area contributed by atoms with E-state index in [2.05, 4.69) is 0 Å². The molecule has 0 bridgehead atoms. The van der Waals surface area contributed by atoms with E-state index in [0.717, 1.165) is 11.3 Å². The second-order valence-corrected chi connectivity index (χ2v) is 7.01. The van der Waals surface area contributed by atoms with E-state index in [4.69, 9.17) is 0 Å². The summed E-state index contributed by atoms with van der Waals surface area (Å²) in [6.07, 6.45) is 0.524. The van der Waals surface area contributed by atoms with Crippen molar-refractivity contribution in [2.45, 2.75) is 26.3 Å². The maximum absolute atomic E-state index is 11.8. The molecule has 2 rings (SSSR count). The molecule has 1 unspecified atom stereocenters. The Bertz CT molecular complexity index is 548. The Kier molecular flexibility index (Phi) is 3.43. The van der Waals surface area contributed by atoms with Gasteiger partial charge in [0, 0.05) is 12.6 Å². The van der Waals surface area contributed by atoms with Gasteiger partial charge < -0.3 is 4.90 Å². The van der Waals surface area contributed by atoms with Crippen LogP contribution in [0.2, 0.25) is 0 Å². The molecule has 0 radical (unpaired) electrons. The quantitative estimate of drug-likeness (QED) is 0.816. The number of sulfone groups is 1. The van der Waals surface area contributed by atoms with Gasteiger partial charge in [0.2, 0.25) is 5.91 Å². The number of aryl methyl sites for hydroxylation is 1. The minimum absolute atomic E-state index is 0.0699. The van der Waals surface area contributed by atoms with Gasteiger partial charge in [0.05, 0.1) is 17.5 Å². The third kappa shape index (κ3) is 2.72. The summed E-state index contributed by atoms with van der Waals surface area (Å²) in [5.74, 6) is 0.134. The lowest BCUT2D eigenvalue weighted by Crippen LogP contribution is -2.39. The molecule has 1 fully saturated rings. The number of benzene rings is 1. The molecule has 0 aromatic heterocycles. The van der Waals surface area contributed by atoms with Gasteiger partial charge >= 0.3 is 0 Å². The Morgan fingerprint density at radius 2 is 1.89 bits per heavy atom. The summed E-state index contributed by atoms with van der Waals surface area (Å²) < 4.78 is 23.0. The molecule has 18 heavy (non-hydrogen) atoms. The van der Waals surface area contributed by atoms with Gasteiger partial charge in [0.25, 0.3) is 0 Å². The molecule has 1 saturated heterocycles. The highest BCUT2D eigenvalue weighted by molar-refractivity contribution is 7.91. The summed E-state index contributed by atoms with van der Waals surface area (Å²) in [5, 5.41) is 0. The van der Waals surface area contributed by atoms with Crippen LogP contribution >= 0.6 is 0 Å². The molecular formula is C13H17NO3S. The molecule has 1 atom stereocenters. The fourth-order valence-electron chi connectivity index (χ4n) is 2.33. The van der Waals surface area contributed by atoms with E-state index in [-0.39, 0.29) is 23.5 Å². The number of carbonyl (C=O) groups excluding carboxylic acids is 1. The standard InChI is InChI=1S/C13H17NO3S/c1-10-3-5-12(6-4-10)14(11(2)15)13-7-8-18(16,17)9-13/h3-6,13H,7-9H2,1-2H3. The summed E-state index contributed by atoms with van der Waals surface area (Å²) in [4.78, 5) is 13.4. The monoisotopic (exact) mass is 267 g/mol. The first-order chi connectivity index (χ1) is 8.39. The van der Waals surface area contributed by atoms with Gasteiger partial charge in [0.15, 0.2) is 9.84 Å². The largest absolute Gasteiger partial charge is 0.309 e. The summed E-state index contributed by atoms with van der Waals surface area (Å²) >= 11 is 0. The van der Waals surface area contributed by atoms with Crippen LogP contribution < -0.4 is 4.90 Å². The molecule has 0 saturated carbocycles. The van der Waals surface area contributed by atoms with Crippen LogP contribution in [0.4, 0.5) is 5.69 Å². The van der Waals surface area contributed by atoms with E-state index in [1.807, 2.05) is 31.2 Å². The van der Waals surface area contributed by atoms with E-state index in [1.54, 1.807) is 4.90 Å². The van der Waals surface area contributed by atoms with Gasteiger partial charge in [-0.3, -0.25) is 4.79 Å². The minimum atomic E-state index is -2.98. The normalized spacial score (nSPS) is 21.8. The highest BCUT2D eigenvalue weighted by atomic mass is 32.2. The summed E-state index contributed by atoms with van der Waals surface area (Å²) in [5.41, 5.74) is 1.89. The molecule has 1 aliphatic heterocycles. The van der Waals surface area contributed by atoms with Crippen molar-refractivity contribution in [3.63, 3.8) is 0 Å². The number of anilines is 1. The molecule has 1 aromatic carbocycles. The Morgan fingerprint density at radius 1 is 1.28 bits per heavy atom. The number of hydrogen-bond acceptors (Lipinski definition) is 3. The van der Waals surface area contributed by atoms with E-state index < -0.39 is 9.84 Å². The first-order valence-electron chi connectivity index (χ1n) is 5.96. The van der Waals surface area contributed by atoms with Crippen molar-refractivity contribution in [3.8, 4) is 0 Å². The average Bonchev–Trinajstić information content (AvgIpc) is 2.61. The smallest absolute Gasteiger partial charge is 0.224 e. The zero-order valence-corrected chi connectivity index (χ0v) is 11.4. The highest BCUT2D eigenvalue weighted by Gasteiger charge is 2.34. The number of amides is 1. The number of carbonyl (C=O) groups is 1. The lowest BCUT2D eigenvalue weighted by molar-refractivity contribution is -0.116. The number of nitrogens with zero attached hydrogens (tertiary/aromatic N) is 1. The molecule has 0 spiro atoms. The molecule has 4 nitrogen and oxygen atoms in total. The van der Waals surface area contributed by atoms with E-state index in [0.29, 0.717) is 6.42 Å². The van der Waals surface area contributed by atoms with Gasteiger partial charge in [-0.15, -0.1) is 0 Å². The Labute approximate surface area is 108 Å². The topological polar surface area (TPSA) is 54.5 Å². The molecule has 98 valence electrons. The van der Waals surface area contributed by atoms with Crippen molar-refractivity contribution < 1.29 is 13.2 Å². The molecule has 0 N–H and O–H groups in total. The van der Waals surface area contributed by atoms with Gasteiger partial charge in [-0.1, -0.05) is 17.7 Å². The average molecular weight is 267 g/mol. The third-order valence-electron chi connectivity index (χ3n) is 3.22. The van der Waals surface area contributed by atoms with Crippen molar-refractivity contribution >= 4 is 21.4 Å². The van der Waals surface area contributed by atoms with Crippen molar-refractivity contribution in [1.29, 1.82) is 0 Å². The summed E-state index contributed by atoms with van der Waals surface area (Å²) in [6.45, 7) is 3.45. The minimum Gasteiger partial charge on any atom is -0.309 e. The SMILES string of the molecule is CC(=O)N(c1ccc(C)cc1)C1CCS(=O)(=O)C1. The molecule has 1 amide bonds. The Balaban J connectivity index is 2.30. The second kappa shape index (κ2) is 4.72. The summed E-state index contributed by atoms with van der Waals surface area (Å²) in [6, 6.07) is 7.35. The number of hydrogen-bond donors (Lipinski definition) is 0. The van der Waals surface area contributed by atoms with Crippen molar-refractivity contribution in [1.82, 2.24) is 0 Å². The second-order valence-electron chi connectivity index (χ2n) is 4.78. The zero-order valence-electron chi connectivity index (χ0n) is 10.6. The Morgan fingerprint density at radius 3 is 2.33 bits per heavy atom. The predicted molar refractivity (Wildman–Crippen MR) is 71.4 cm³/mol. The van der Waals surface area contributed by atoms with Crippen molar-refractivity contribution in [3.05, 3.63) is 29.8 Å². The first kappa shape index (κ1) is 13.1. The van der Waals surface area contributed by atoms with Crippen LogP contribution in [0, 0.1) is 6.92 Å². The van der Waals surface area contributed by atoms with Crippen LogP contribution in [0.3, 0.4) is 0 Å². The maximum atomic E-state index is 11.8. The summed E-state index contributed by atoms with van der Waals surface area (Å²) in [7, 11) is -2.98. The van der Waals surface area contributed by atoms with Crippen molar-refractivity contribution in [2.24, 2.45) is 0 Å². The third-order valence-corrected chi connectivity index (χ3v) is 4.98.